The van der Waals surface area contributed by atoms with Crippen LogP contribution in [0.2, 0.25) is 0 Å². The number of nitrogens with one attached hydrogen (secondary N) is 2. The number of imide groups is 1. The van der Waals surface area contributed by atoms with E-state index in [1.165, 1.54) is 19.3 Å². The lowest BCUT2D eigenvalue weighted by Crippen LogP contribution is -2.62. The summed E-state index contributed by atoms with van der Waals surface area (Å²) in [7, 11) is 0. The average Bonchev–Trinajstić information content (AvgIpc) is 2.62. The lowest BCUT2D eigenvalue weighted by atomic mass is 9.48. The molecule has 8 rings (SSSR count). The van der Waals surface area contributed by atoms with Gasteiger partial charge in [-0.2, -0.15) is 0 Å². The summed E-state index contributed by atoms with van der Waals surface area (Å²) in [6, 6.07) is -0.466. The number of hydrogen-bond acceptors (Lipinski definition) is 5. The Kier molecular flexibility index (Phi) is 4.32. The molecule has 2 atom stereocenters. The lowest BCUT2D eigenvalue weighted by molar-refractivity contribution is -0.196. The first-order chi connectivity index (χ1) is 14.7. The van der Waals surface area contributed by atoms with Crippen LogP contribution in [-0.4, -0.2) is 40.8 Å². The van der Waals surface area contributed by atoms with Crippen LogP contribution in [0.1, 0.15) is 77.0 Å². The molecule has 0 spiro atoms. The van der Waals surface area contributed by atoms with Gasteiger partial charge in [0.1, 0.15) is 0 Å². The molecule has 0 radical (unpaired) electrons. The van der Waals surface area contributed by atoms with Gasteiger partial charge in [0, 0.05) is 5.54 Å². The van der Waals surface area contributed by atoms with Crippen LogP contribution >= 0.6 is 0 Å². The highest BCUT2D eigenvalue weighted by Crippen LogP contribution is 2.62. The zero-order chi connectivity index (χ0) is 21.4. The highest BCUT2D eigenvalue weighted by molar-refractivity contribution is 5.96. The summed E-state index contributed by atoms with van der Waals surface area (Å²) in [6.45, 7) is -0.442. The maximum Gasteiger partial charge on any atom is 0.321 e. The number of hydrogen-bond donors (Lipinski definition) is 3. The second-order valence-electron chi connectivity index (χ2n) is 12.2. The van der Waals surface area contributed by atoms with Gasteiger partial charge in [-0.1, -0.05) is 0 Å². The smallest absolute Gasteiger partial charge is 0.321 e. The molecule has 0 heterocycles. The van der Waals surface area contributed by atoms with E-state index in [2.05, 4.69) is 10.6 Å². The molecule has 8 bridgehead atoms. The Hall–Kier alpha value is -1.63. The van der Waals surface area contributed by atoms with Gasteiger partial charge in [0.15, 0.2) is 6.61 Å². The van der Waals surface area contributed by atoms with Gasteiger partial charge in [-0.3, -0.25) is 14.9 Å². The third kappa shape index (κ3) is 3.47. The van der Waals surface area contributed by atoms with Crippen molar-refractivity contribution in [3.63, 3.8) is 0 Å². The summed E-state index contributed by atoms with van der Waals surface area (Å²) in [4.78, 5) is 37.8. The van der Waals surface area contributed by atoms with E-state index in [4.69, 9.17) is 4.74 Å². The van der Waals surface area contributed by atoms with Crippen molar-refractivity contribution in [1.82, 2.24) is 10.6 Å². The fourth-order valence-corrected chi connectivity index (χ4v) is 9.44. The highest BCUT2D eigenvalue weighted by atomic mass is 16.5. The van der Waals surface area contributed by atoms with Gasteiger partial charge in [0.05, 0.1) is 11.0 Å². The van der Waals surface area contributed by atoms with Crippen LogP contribution in [0.25, 0.3) is 0 Å². The SMILES string of the molecule is O=C(COC(=O)C12C[C@@H]3C[C@H](CC(O)(C3)C1)C2)NC(=O)NC12CC3CC(CC(C3)C1)C2. The van der Waals surface area contributed by atoms with Crippen LogP contribution in [0.15, 0.2) is 0 Å². The maximum atomic E-state index is 12.9. The standard InChI is InChI=1S/C24H34N2O5/c27-19(25-21(29)26-23-7-14-1-15(8-23)3-16(2-14)9-23)12-31-20(28)22-5-17-4-18(6-22)11-24(30,10-17)13-22/h14-18,30H,1-13H2,(H2,25,26,27,29)/t14?,15?,16?,17-,18-,22?,23?,24?/m0/s1. The van der Waals surface area contributed by atoms with Crippen molar-refractivity contribution >= 4 is 17.9 Å². The van der Waals surface area contributed by atoms with Gasteiger partial charge < -0.3 is 15.2 Å². The normalized spacial score (nSPS) is 48.5. The Labute approximate surface area is 183 Å². The number of carbonyl (C=O) groups excluding carboxylic acids is 3. The minimum absolute atomic E-state index is 0.162. The fraction of sp³-hybridized carbons (Fsp3) is 0.875. The first kappa shape index (κ1) is 20.0. The zero-order valence-corrected chi connectivity index (χ0v) is 18.2. The number of urea groups is 1. The number of aliphatic hydroxyl groups is 1. The van der Waals surface area contributed by atoms with Gasteiger partial charge in [0.2, 0.25) is 0 Å². The molecule has 8 aliphatic carbocycles. The van der Waals surface area contributed by atoms with Gasteiger partial charge in [-0.05, 0) is 107 Å². The number of amides is 3. The minimum atomic E-state index is -0.747. The molecule has 170 valence electrons. The topological polar surface area (TPSA) is 105 Å². The predicted octanol–water partition coefficient (Wildman–Crippen LogP) is 2.66. The van der Waals surface area contributed by atoms with E-state index in [9.17, 15) is 19.5 Å². The van der Waals surface area contributed by atoms with Crippen LogP contribution in [0.4, 0.5) is 4.79 Å². The van der Waals surface area contributed by atoms with E-state index in [0.29, 0.717) is 36.0 Å². The Morgan fingerprint density at radius 3 is 1.90 bits per heavy atom. The van der Waals surface area contributed by atoms with Crippen molar-refractivity contribution in [3.05, 3.63) is 0 Å². The van der Waals surface area contributed by atoms with E-state index in [-0.39, 0.29) is 11.5 Å². The van der Waals surface area contributed by atoms with Crippen LogP contribution in [0.3, 0.4) is 0 Å². The predicted molar refractivity (Wildman–Crippen MR) is 111 cm³/mol. The van der Waals surface area contributed by atoms with Gasteiger partial charge in [-0.15, -0.1) is 0 Å². The molecule has 8 saturated carbocycles. The van der Waals surface area contributed by atoms with Crippen molar-refractivity contribution in [2.24, 2.45) is 35.0 Å². The Morgan fingerprint density at radius 2 is 1.35 bits per heavy atom. The van der Waals surface area contributed by atoms with Gasteiger partial charge in [-0.25, -0.2) is 4.79 Å². The van der Waals surface area contributed by atoms with Gasteiger partial charge >= 0.3 is 12.0 Å². The molecule has 8 fully saturated rings. The van der Waals surface area contributed by atoms with Crippen molar-refractivity contribution in [2.45, 2.75) is 88.2 Å². The van der Waals surface area contributed by atoms with Crippen molar-refractivity contribution in [2.75, 3.05) is 6.61 Å². The summed E-state index contributed by atoms with van der Waals surface area (Å²) in [5.41, 5.74) is -1.56. The summed E-state index contributed by atoms with van der Waals surface area (Å²) in [5.74, 6) is 1.91. The third-order valence-electron chi connectivity index (χ3n) is 9.47. The summed E-state index contributed by atoms with van der Waals surface area (Å²) >= 11 is 0. The molecule has 0 saturated heterocycles. The van der Waals surface area contributed by atoms with E-state index in [1.54, 1.807) is 0 Å². The fourth-order valence-electron chi connectivity index (χ4n) is 9.44. The van der Waals surface area contributed by atoms with Gasteiger partial charge in [0.25, 0.3) is 5.91 Å². The van der Waals surface area contributed by atoms with Crippen LogP contribution in [0, 0.1) is 35.0 Å². The molecule has 0 aromatic carbocycles. The first-order valence-electron chi connectivity index (χ1n) is 12.2. The zero-order valence-electron chi connectivity index (χ0n) is 18.2. The van der Waals surface area contributed by atoms with E-state index >= 15 is 0 Å². The van der Waals surface area contributed by atoms with Crippen molar-refractivity contribution in [1.29, 1.82) is 0 Å². The first-order valence-corrected chi connectivity index (χ1v) is 12.2. The second kappa shape index (κ2) is 6.69. The Balaban J connectivity index is 1.02. The number of ether oxygens (including phenoxy) is 1. The summed E-state index contributed by atoms with van der Waals surface area (Å²) < 4.78 is 5.39. The van der Waals surface area contributed by atoms with E-state index < -0.39 is 29.6 Å². The Morgan fingerprint density at radius 1 is 0.806 bits per heavy atom. The van der Waals surface area contributed by atoms with E-state index in [0.717, 1.165) is 51.4 Å². The number of esters is 1. The van der Waals surface area contributed by atoms with Crippen molar-refractivity contribution in [3.8, 4) is 0 Å². The van der Waals surface area contributed by atoms with E-state index in [1.807, 2.05) is 0 Å². The molecule has 0 aromatic heterocycles. The molecule has 31 heavy (non-hydrogen) atoms. The largest absolute Gasteiger partial charge is 0.455 e. The molecule has 3 amide bonds. The lowest BCUT2D eigenvalue weighted by Gasteiger charge is -2.58. The molecule has 7 heteroatoms. The van der Waals surface area contributed by atoms with Crippen molar-refractivity contribution < 1.29 is 24.2 Å². The average molecular weight is 431 g/mol. The molecule has 7 nitrogen and oxygen atoms in total. The number of carbonyl (C=O) groups is 3. The number of rotatable bonds is 4. The summed E-state index contributed by atoms with van der Waals surface area (Å²) in [6.07, 6.45) is 11.5. The maximum absolute atomic E-state index is 12.9. The highest BCUT2D eigenvalue weighted by Gasteiger charge is 2.61. The molecular weight excluding hydrogens is 396 g/mol. The van der Waals surface area contributed by atoms with Crippen LogP contribution < -0.4 is 10.6 Å². The molecule has 3 N–H and O–H groups in total. The third-order valence-corrected chi connectivity index (χ3v) is 9.47. The monoisotopic (exact) mass is 430 g/mol. The molecule has 0 aromatic rings. The molecular formula is C24H34N2O5. The minimum Gasteiger partial charge on any atom is -0.455 e. The molecule has 0 unspecified atom stereocenters. The van der Waals surface area contributed by atoms with Crippen LogP contribution in [0.5, 0.6) is 0 Å². The molecule has 0 aliphatic heterocycles. The molecule has 8 aliphatic rings. The Bertz CT molecular complexity index is 774. The van der Waals surface area contributed by atoms with Crippen LogP contribution in [-0.2, 0) is 14.3 Å². The summed E-state index contributed by atoms with van der Waals surface area (Å²) in [5, 5.41) is 16.3. The quantitative estimate of drug-likeness (QED) is 0.595. The second-order valence-corrected chi connectivity index (χ2v) is 12.2.